The van der Waals surface area contributed by atoms with Gasteiger partial charge >= 0.3 is 0 Å². The molecule has 2 aromatic heterocycles. The predicted octanol–water partition coefficient (Wildman–Crippen LogP) is 1.38. The van der Waals surface area contributed by atoms with Gasteiger partial charge in [0.2, 0.25) is 5.88 Å². The molecule has 7 nitrogen and oxygen atoms in total. The molecule has 2 aromatic rings. The molecule has 0 amide bonds. The second-order valence-corrected chi connectivity index (χ2v) is 5.62. The lowest BCUT2D eigenvalue weighted by Crippen LogP contribution is -2.34. The highest BCUT2D eigenvalue weighted by atomic mass is 16.5. The van der Waals surface area contributed by atoms with Gasteiger partial charge in [0.1, 0.15) is 18.0 Å². The molecule has 0 radical (unpaired) electrons. The highest BCUT2D eigenvalue weighted by Gasteiger charge is 2.27. The minimum absolute atomic E-state index is 0.462. The number of hydrogen-bond donors (Lipinski definition) is 0. The van der Waals surface area contributed by atoms with Crippen LogP contribution in [0.2, 0.25) is 0 Å². The van der Waals surface area contributed by atoms with E-state index in [0.717, 1.165) is 37.7 Å². The molecule has 1 atom stereocenters. The fourth-order valence-electron chi connectivity index (χ4n) is 2.80. The van der Waals surface area contributed by atoms with Gasteiger partial charge in [-0.2, -0.15) is 0 Å². The highest BCUT2D eigenvalue weighted by Crippen LogP contribution is 2.23. The van der Waals surface area contributed by atoms with Crippen molar-refractivity contribution in [1.29, 1.82) is 0 Å². The second kappa shape index (κ2) is 7.32. The molecule has 0 saturated carbocycles. The van der Waals surface area contributed by atoms with Gasteiger partial charge in [-0.15, -0.1) is 0 Å². The van der Waals surface area contributed by atoms with Gasteiger partial charge in [0.05, 0.1) is 13.2 Å². The number of anilines is 1. The van der Waals surface area contributed by atoms with Crippen LogP contribution in [0.25, 0.3) is 0 Å². The molecule has 1 saturated heterocycles. The lowest BCUT2D eigenvalue weighted by Gasteiger charge is -2.24. The smallest absolute Gasteiger partial charge is 0.218 e. The summed E-state index contributed by atoms with van der Waals surface area (Å²) < 4.78 is 5.45. The summed E-state index contributed by atoms with van der Waals surface area (Å²) in [5.74, 6) is 2.41. The van der Waals surface area contributed by atoms with Gasteiger partial charge in [-0.25, -0.2) is 19.9 Å². The molecular formula is C16H22N6O. The van der Waals surface area contributed by atoms with Crippen LogP contribution < -0.4 is 9.64 Å². The average molecular weight is 314 g/mol. The largest absolute Gasteiger partial charge is 0.478 e. The first kappa shape index (κ1) is 15.6. The standard InChI is InChI=1S/C16H22N6O/c1-3-23-16-9-15(19-12-20-16)22-8-5-13(10-22)21(2)11-14-17-6-4-7-18-14/h4,6-7,9,12-13H,3,5,8,10-11H2,1-2H3/t13-/m1/s1. The third kappa shape index (κ3) is 3.92. The molecule has 1 aliphatic rings. The minimum Gasteiger partial charge on any atom is -0.478 e. The van der Waals surface area contributed by atoms with E-state index >= 15 is 0 Å². The summed E-state index contributed by atoms with van der Waals surface area (Å²) in [5, 5.41) is 0. The van der Waals surface area contributed by atoms with Gasteiger partial charge in [-0.05, 0) is 26.5 Å². The summed E-state index contributed by atoms with van der Waals surface area (Å²) in [5.41, 5.74) is 0. The fraction of sp³-hybridized carbons (Fsp3) is 0.500. The number of rotatable bonds is 6. The van der Waals surface area contributed by atoms with E-state index < -0.39 is 0 Å². The highest BCUT2D eigenvalue weighted by molar-refractivity contribution is 5.42. The molecule has 0 aromatic carbocycles. The van der Waals surface area contributed by atoms with Gasteiger partial charge in [0.15, 0.2) is 0 Å². The lowest BCUT2D eigenvalue weighted by atomic mass is 10.2. The lowest BCUT2D eigenvalue weighted by molar-refractivity contribution is 0.244. The van der Waals surface area contributed by atoms with E-state index in [-0.39, 0.29) is 0 Å². The second-order valence-electron chi connectivity index (χ2n) is 5.62. The first-order valence-corrected chi connectivity index (χ1v) is 7.92. The maximum Gasteiger partial charge on any atom is 0.218 e. The molecule has 0 bridgehead atoms. The Balaban J connectivity index is 1.60. The van der Waals surface area contributed by atoms with Crippen LogP contribution in [-0.4, -0.2) is 57.6 Å². The van der Waals surface area contributed by atoms with Crippen LogP contribution in [0.4, 0.5) is 5.82 Å². The topological polar surface area (TPSA) is 67.3 Å². The first-order valence-electron chi connectivity index (χ1n) is 7.92. The minimum atomic E-state index is 0.462. The first-order chi connectivity index (χ1) is 11.3. The van der Waals surface area contributed by atoms with E-state index in [1.807, 2.05) is 19.1 Å². The third-order valence-electron chi connectivity index (χ3n) is 4.04. The molecular weight excluding hydrogens is 292 g/mol. The molecule has 0 aliphatic carbocycles. The Hall–Kier alpha value is -2.28. The van der Waals surface area contributed by atoms with Crippen molar-refractivity contribution in [3.63, 3.8) is 0 Å². The maximum absolute atomic E-state index is 5.45. The molecule has 1 aliphatic heterocycles. The zero-order valence-corrected chi connectivity index (χ0v) is 13.6. The number of hydrogen-bond acceptors (Lipinski definition) is 7. The van der Waals surface area contributed by atoms with Gasteiger partial charge in [-0.1, -0.05) is 0 Å². The van der Waals surface area contributed by atoms with Crippen molar-refractivity contribution in [2.24, 2.45) is 0 Å². The molecule has 23 heavy (non-hydrogen) atoms. The Labute approximate surface area is 136 Å². The normalized spacial score (nSPS) is 17.7. The molecule has 0 unspecified atom stereocenters. The summed E-state index contributed by atoms with van der Waals surface area (Å²) in [7, 11) is 2.12. The van der Waals surface area contributed by atoms with Crippen molar-refractivity contribution < 1.29 is 4.74 Å². The number of ether oxygens (including phenoxy) is 1. The van der Waals surface area contributed by atoms with E-state index in [9.17, 15) is 0 Å². The van der Waals surface area contributed by atoms with E-state index in [0.29, 0.717) is 18.5 Å². The van der Waals surface area contributed by atoms with E-state index in [4.69, 9.17) is 4.74 Å². The Kier molecular flexibility index (Phi) is 4.97. The van der Waals surface area contributed by atoms with Crippen molar-refractivity contribution in [3.05, 3.63) is 36.7 Å². The van der Waals surface area contributed by atoms with Crippen molar-refractivity contribution in [2.75, 3.05) is 31.6 Å². The monoisotopic (exact) mass is 314 g/mol. The molecule has 3 rings (SSSR count). The Morgan fingerprint density at radius 2 is 2.09 bits per heavy atom. The van der Waals surface area contributed by atoms with Crippen LogP contribution >= 0.6 is 0 Å². The van der Waals surface area contributed by atoms with Crippen molar-refractivity contribution >= 4 is 5.82 Å². The van der Waals surface area contributed by atoms with Gasteiger partial charge in [0.25, 0.3) is 0 Å². The molecule has 122 valence electrons. The van der Waals surface area contributed by atoms with Gasteiger partial charge in [-0.3, -0.25) is 4.90 Å². The molecule has 3 heterocycles. The van der Waals surface area contributed by atoms with E-state index in [2.05, 4.69) is 36.8 Å². The summed E-state index contributed by atoms with van der Waals surface area (Å²) >= 11 is 0. The molecule has 0 N–H and O–H groups in total. The Bertz CT molecular complexity index is 623. The summed E-state index contributed by atoms with van der Waals surface area (Å²) in [4.78, 5) is 21.7. The maximum atomic E-state index is 5.45. The molecule has 0 spiro atoms. The van der Waals surface area contributed by atoms with E-state index in [1.165, 1.54) is 0 Å². The number of nitrogens with zero attached hydrogens (tertiary/aromatic N) is 6. The van der Waals surface area contributed by atoms with Crippen LogP contribution in [0.5, 0.6) is 5.88 Å². The average Bonchev–Trinajstić information content (AvgIpc) is 3.07. The zero-order valence-electron chi connectivity index (χ0n) is 13.6. The fourth-order valence-corrected chi connectivity index (χ4v) is 2.80. The van der Waals surface area contributed by atoms with Crippen molar-refractivity contribution in [3.8, 4) is 5.88 Å². The zero-order chi connectivity index (χ0) is 16.1. The van der Waals surface area contributed by atoms with Crippen LogP contribution in [0.3, 0.4) is 0 Å². The van der Waals surface area contributed by atoms with Gasteiger partial charge < -0.3 is 9.64 Å². The molecule has 1 fully saturated rings. The van der Waals surface area contributed by atoms with E-state index in [1.54, 1.807) is 18.7 Å². The third-order valence-corrected chi connectivity index (χ3v) is 4.04. The summed E-state index contributed by atoms with van der Waals surface area (Å²) in [6, 6.07) is 4.21. The summed E-state index contributed by atoms with van der Waals surface area (Å²) in [6.45, 7) is 5.24. The van der Waals surface area contributed by atoms with Crippen LogP contribution in [0.15, 0.2) is 30.9 Å². The van der Waals surface area contributed by atoms with Crippen LogP contribution in [0, 0.1) is 0 Å². The SMILES string of the molecule is CCOc1cc(N2CC[C@@H](N(C)Cc3ncccn3)C2)ncn1. The number of likely N-dealkylation sites (N-methyl/N-ethyl adjacent to an activating group) is 1. The van der Waals surface area contributed by atoms with Crippen LogP contribution in [0.1, 0.15) is 19.2 Å². The van der Waals surface area contributed by atoms with Crippen LogP contribution in [-0.2, 0) is 6.54 Å². The Morgan fingerprint density at radius 1 is 1.26 bits per heavy atom. The number of aromatic nitrogens is 4. The quantitative estimate of drug-likeness (QED) is 0.798. The van der Waals surface area contributed by atoms with Gasteiger partial charge in [0, 0.05) is 37.6 Å². The summed E-state index contributed by atoms with van der Waals surface area (Å²) in [6.07, 6.45) is 6.23. The predicted molar refractivity (Wildman–Crippen MR) is 87.3 cm³/mol. The Morgan fingerprint density at radius 3 is 2.87 bits per heavy atom. The van der Waals surface area contributed by atoms with Crippen molar-refractivity contribution in [2.45, 2.75) is 25.9 Å². The molecule has 7 heteroatoms. The van der Waals surface area contributed by atoms with Crippen molar-refractivity contribution in [1.82, 2.24) is 24.8 Å².